The Hall–Kier alpha value is -1.10. The van der Waals surface area contributed by atoms with E-state index in [4.69, 9.17) is 5.73 Å². The molecule has 0 bridgehead atoms. The summed E-state index contributed by atoms with van der Waals surface area (Å²) in [6, 6.07) is -0.937. The Bertz CT molecular complexity index is 252. The summed E-state index contributed by atoms with van der Waals surface area (Å²) < 4.78 is 4.64. The van der Waals surface area contributed by atoms with E-state index < -0.39 is 12.1 Å². The molecule has 80 valence electrons. The predicted molar refractivity (Wildman–Crippen MR) is 50.3 cm³/mol. The lowest BCUT2D eigenvalue weighted by atomic mass is 9.96. The molecule has 5 heteroatoms. The first-order chi connectivity index (χ1) is 6.49. The summed E-state index contributed by atoms with van der Waals surface area (Å²) in [5.74, 6) is -0.506. The number of hydrogen-bond donors (Lipinski definition) is 1. The van der Waals surface area contributed by atoms with Crippen molar-refractivity contribution in [2.24, 2.45) is 11.7 Å². The van der Waals surface area contributed by atoms with Crippen LogP contribution in [0.3, 0.4) is 0 Å². The Morgan fingerprint density at radius 3 is 2.50 bits per heavy atom. The van der Waals surface area contributed by atoms with Gasteiger partial charge in [0.25, 0.3) is 0 Å². The minimum Gasteiger partial charge on any atom is -0.467 e. The molecule has 14 heavy (non-hydrogen) atoms. The second-order valence-electron chi connectivity index (χ2n) is 3.81. The van der Waals surface area contributed by atoms with Crippen molar-refractivity contribution in [1.82, 2.24) is 4.90 Å². The third kappa shape index (κ3) is 1.72. The highest BCUT2D eigenvalue weighted by atomic mass is 16.5. The Labute approximate surface area is 83.2 Å². The van der Waals surface area contributed by atoms with Crippen molar-refractivity contribution in [2.45, 2.75) is 25.9 Å². The summed E-state index contributed by atoms with van der Waals surface area (Å²) in [5, 5.41) is 0. The van der Waals surface area contributed by atoms with E-state index >= 15 is 0 Å². The molecule has 0 aromatic carbocycles. The molecular formula is C9H16N2O3. The van der Waals surface area contributed by atoms with Gasteiger partial charge in [-0.25, -0.2) is 4.79 Å². The highest BCUT2D eigenvalue weighted by Crippen LogP contribution is 2.19. The van der Waals surface area contributed by atoms with Crippen molar-refractivity contribution >= 4 is 11.9 Å². The number of carbonyl (C=O) groups excluding carboxylic acids is 2. The fraction of sp³-hybridized carbons (Fsp3) is 0.778. The zero-order chi connectivity index (χ0) is 10.9. The highest BCUT2D eigenvalue weighted by Gasteiger charge is 2.43. The number of methoxy groups -OCH3 is 1. The Balaban J connectivity index is 2.70. The van der Waals surface area contributed by atoms with Gasteiger partial charge in [-0.3, -0.25) is 4.79 Å². The minimum absolute atomic E-state index is 0.0406. The molecule has 1 aliphatic heterocycles. The number of rotatable bonds is 3. The van der Waals surface area contributed by atoms with Crippen molar-refractivity contribution in [3.8, 4) is 0 Å². The first-order valence-electron chi connectivity index (χ1n) is 4.63. The molecule has 2 N–H and O–H groups in total. The maximum atomic E-state index is 11.4. The molecule has 1 amide bonds. The number of nitrogens with zero attached hydrogens (tertiary/aromatic N) is 1. The molecule has 5 nitrogen and oxygen atoms in total. The number of likely N-dealkylation sites (tertiary alicyclic amines) is 1. The van der Waals surface area contributed by atoms with Crippen molar-refractivity contribution < 1.29 is 14.3 Å². The third-order valence-corrected chi connectivity index (χ3v) is 2.40. The predicted octanol–water partition coefficient (Wildman–Crippen LogP) is -0.646. The fourth-order valence-electron chi connectivity index (χ4n) is 1.61. The van der Waals surface area contributed by atoms with E-state index in [2.05, 4.69) is 4.74 Å². The van der Waals surface area contributed by atoms with Crippen LogP contribution in [0.15, 0.2) is 0 Å². The number of β-lactam (4-membered cyclic amide) rings is 1. The summed E-state index contributed by atoms with van der Waals surface area (Å²) in [6.07, 6.45) is 0. The van der Waals surface area contributed by atoms with Gasteiger partial charge in [-0.15, -0.1) is 0 Å². The monoisotopic (exact) mass is 200 g/mol. The van der Waals surface area contributed by atoms with Crippen LogP contribution in [0, 0.1) is 5.92 Å². The molecule has 0 aromatic heterocycles. The summed E-state index contributed by atoms with van der Waals surface area (Å²) >= 11 is 0. The topological polar surface area (TPSA) is 72.6 Å². The third-order valence-electron chi connectivity index (χ3n) is 2.40. The molecule has 0 saturated carbocycles. The molecule has 1 aliphatic rings. The van der Waals surface area contributed by atoms with E-state index in [0.29, 0.717) is 6.54 Å². The van der Waals surface area contributed by atoms with Gasteiger partial charge in [0.15, 0.2) is 0 Å². The van der Waals surface area contributed by atoms with Gasteiger partial charge < -0.3 is 15.4 Å². The lowest BCUT2D eigenvalue weighted by molar-refractivity contribution is -0.162. The Morgan fingerprint density at radius 1 is 1.64 bits per heavy atom. The van der Waals surface area contributed by atoms with Crippen LogP contribution in [-0.4, -0.2) is 42.5 Å². The molecule has 0 aromatic rings. The normalized spacial score (nSPS) is 23.4. The minimum atomic E-state index is -0.493. The number of amides is 1. The van der Waals surface area contributed by atoms with Crippen LogP contribution in [0.25, 0.3) is 0 Å². The van der Waals surface area contributed by atoms with Gasteiger partial charge in [0.05, 0.1) is 7.11 Å². The average Bonchev–Trinajstić information content (AvgIpc) is 2.15. The van der Waals surface area contributed by atoms with E-state index in [0.717, 1.165) is 0 Å². The second kappa shape index (κ2) is 3.96. The molecule has 1 fully saturated rings. The number of hydrogen-bond acceptors (Lipinski definition) is 4. The van der Waals surface area contributed by atoms with Gasteiger partial charge >= 0.3 is 5.97 Å². The average molecular weight is 200 g/mol. The van der Waals surface area contributed by atoms with Gasteiger partial charge in [0, 0.05) is 6.54 Å². The molecule has 0 radical (unpaired) electrons. The molecule has 2 unspecified atom stereocenters. The first-order valence-corrected chi connectivity index (χ1v) is 4.63. The number of carbonyl (C=O) groups is 2. The Morgan fingerprint density at radius 2 is 2.21 bits per heavy atom. The standard InChI is InChI=1S/C9H16N2O3/c1-5(2)7(9(13)14-3)11-4-6(10)8(11)12/h5-7H,4,10H2,1-3H3. The summed E-state index contributed by atoms with van der Waals surface area (Å²) in [5.41, 5.74) is 5.45. The van der Waals surface area contributed by atoms with Crippen molar-refractivity contribution in [1.29, 1.82) is 0 Å². The van der Waals surface area contributed by atoms with Crippen LogP contribution in [0.1, 0.15) is 13.8 Å². The van der Waals surface area contributed by atoms with Crippen molar-refractivity contribution in [3.05, 3.63) is 0 Å². The summed E-state index contributed by atoms with van der Waals surface area (Å²) in [6.45, 7) is 4.19. The lowest BCUT2D eigenvalue weighted by Gasteiger charge is -2.42. The van der Waals surface area contributed by atoms with Gasteiger partial charge in [-0.1, -0.05) is 13.8 Å². The van der Waals surface area contributed by atoms with E-state index in [1.165, 1.54) is 12.0 Å². The van der Waals surface area contributed by atoms with E-state index in [1.807, 2.05) is 13.8 Å². The molecule has 1 saturated heterocycles. The SMILES string of the molecule is COC(=O)C(C(C)C)N1CC(N)C1=O. The zero-order valence-electron chi connectivity index (χ0n) is 8.69. The highest BCUT2D eigenvalue weighted by molar-refractivity contribution is 5.92. The molecule has 0 spiro atoms. The van der Waals surface area contributed by atoms with Crippen LogP contribution >= 0.6 is 0 Å². The van der Waals surface area contributed by atoms with Gasteiger partial charge in [-0.2, -0.15) is 0 Å². The smallest absolute Gasteiger partial charge is 0.328 e. The van der Waals surface area contributed by atoms with Gasteiger partial charge in [-0.05, 0) is 5.92 Å². The van der Waals surface area contributed by atoms with Gasteiger partial charge in [0.1, 0.15) is 12.1 Å². The molecule has 2 atom stereocenters. The zero-order valence-corrected chi connectivity index (χ0v) is 8.69. The maximum absolute atomic E-state index is 11.4. The molecule has 0 aliphatic carbocycles. The second-order valence-corrected chi connectivity index (χ2v) is 3.81. The van der Waals surface area contributed by atoms with Crippen LogP contribution in [0.5, 0.6) is 0 Å². The maximum Gasteiger partial charge on any atom is 0.328 e. The van der Waals surface area contributed by atoms with Crippen LogP contribution in [0.4, 0.5) is 0 Å². The van der Waals surface area contributed by atoms with Crippen LogP contribution in [0.2, 0.25) is 0 Å². The largest absolute Gasteiger partial charge is 0.467 e. The number of esters is 1. The number of ether oxygens (including phenoxy) is 1. The van der Waals surface area contributed by atoms with Crippen LogP contribution < -0.4 is 5.73 Å². The van der Waals surface area contributed by atoms with E-state index in [9.17, 15) is 9.59 Å². The van der Waals surface area contributed by atoms with Crippen molar-refractivity contribution in [3.63, 3.8) is 0 Å². The molecule has 1 rings (SSSR count). The van der Waals surface area contributed by atoms with Gasteiger partial charge in [0.2, 0.25) is 5.91 Å². The van der Waals surface area contributed by atoms with E-state index in [-0.39, 0.29) is 17.8 Å². The number of nitrogens with two attached hydrogens (primary N) is 1. The quantitative estimate of drug-likeness (QED) is 0.485. The lowest BCUT2D eigenvalue weighted by Crippen LogP contribution is -2.66. The van der Waals surface area contributed by atoms with E-state index in [1.54, 1.807) is 0 Å². The molecule has 1 heterocycles. The summed E-state index contributed by atoms with van der Waals surface area (Å²) in [4.78, 5) is 24.2. The van der Waals surface area contributed by atoms with Crippen LogP contribution in [-0.2, 0) is 14.3 Å². The Kier molecular flexibility index (Phi) is 3.10. The molecular weight excluding hydrogens is 184 g/mol. The van der Waals surface area contributed by atoms with Crippen molar-refractivity contribution in [2.75, 3.05) is 13.7 Å². The summed E-state index contributed by atoms with van der Waals surface area (Å²) in [7, 11) is 1.32. The first kappa shape index (κ1) is 11.0. The fourth-order valence-corrected chi connectivity index (χ4v) is 1.61.